The molecule has 1 aliphatic carbocycles. The van der Waals surface area contributed by atoms with E-state index in [0.29, 0.717) is 13.0 Å². The van der Waals surface area contributed by atoms with Gasteiger partial charge in [0.05, 0.1) is 11.8 Å². The van der Waals surface area contributed by atoms with Crippen molar-refractivity contribution in [2.45, 2.75) is 57.0 Å². The molecule has 6 nitrogen and oxygen atoms in total. The number of hydrogen-bond donors (Lipinski definition) is 3. The van der Waals surface area contributed by atoms with Crippen molar-refractivity contribution in [3.8, 4) is 0 Å². The summed E-state index contributed by atoms with van der Waals surface area (Å²) < 4.78 is 30.4. The van der Waals surface area contributed by atoms with E-state index in [9.17, 15) is 13.2 Å². The van der Waals surface area contributed by atoms with Crippen LogP contribution in [0.5, 0.6) is 0 Å². The van der Waals surface area contributed by atoms with Crippen molar-refractivity contribution in [3.63, 3.8) is 0 Å². The Hall–Kier alpha value is -1.44. The highest BCUT2D eigenvalue weighted by Gasteiger charge is 2.22. The van der Waals surface area contributed by atoms with Crippen LogP contribution in [0.4, 0.5) is 0 Å². The molecule has 0 unspecified atom stereocenters. The van der Waals surface area contributed by atoms with Crippen LogP contribution in [0, 0.1) is 0 Å². The van der Waals surface area contributed by atoms with Crippen LogP contribution in [0.3, 0.4) is 0 Å². The number of carbonyl (C=O) groups is 1. The summed E-state index contributed by atoms with van der Waals surface area (Å²) in [5.74, 6) is -0.343. The van der Waals surface area contributed by atoms with E-state index in [2.05, 4.69) is 10.6 Å². The van der Waals surface area contributed by atoms with Gasteiger partial charge >= 0.3 is 0 Å². The molecule has 0 spiro atoms. The lowest BCUT2D eigenvalue weighted by atomic mass is 9.95. The summed E-state index contributed by atoms with van der Waals surface area (Å²) in [6.45, 7) is 0.357. The third-order valence-electron chi connectivity index (χ3n) is 4.52. The van der Waals surface area contributed by atoms with Gasteiger partial charge in [0.2, 0.25) is 5.91 Å². The molecule has 1 saturated carbocycles. The largest absolute Gasteiger partial charge is 0.352 e. The second-order valence-electron chi connectivity index (χ2n) is 6.68. The standard InChI is InChI=1S/C18H28N2O4S/c21-18(20-16-10-5-2-6-11-16)17(14-15-8-3-1-4-9-15)19-12-7-13-25(22,23)24/h1,3-4,8-9,16-17,19H,2,5-7,10-14H2,(H,20,21)(H,22,23,24)/t17-/m0/s1. The number of benzene rings is 1. The summed E-state index contributed by atoms with van der Waals surface area (Å²) in [5, 5.41) is 6.27. The molecule has 1 aliphatic rings. The van der Waals surface area contributed by atoms with Gasteiger partial charge in [0.25, 0.3) is 10.1 Å². The lowest BCUT2D eigenvalue weighted by molar-refractivity contribution is -0.124. The van der Waals surface area contributed by atoms with Crippen LogP contribution in [0.25, 0.3) is 0 Å². The molecular weight excluding hydrogens is 340 g/mol. The lowest BCUT2D eigenvalue weighted by Gasteiger charge is -2.26. The maximum Gasteiger partial charge on any atom is 0.264 e. The number of nitrogens with one attached hydrogen (secondary N) is 2. The first-order chi connectivity index (χ1) is 11.9. The van der Waals surface area contributed by atoms with Crippen LogP contribution in [-0.4, -0.2) is 43.3 Å². The van der Waals surface area contributed by atoms with Gasteiger partial charge < -0.3 is 10.6 Å². The van der Waals surface area contributed by atoms with Crippen molar-refractivity contribution in [1.29, 1.82) is 0 Å². The Kier molecular flexibility index (Phi) is 7.87. The van der Waals surface area contributed by atoms with E-state index in [1.165, 1.54) is 6.42 Å². The molecule has 3 N–H and O–H groups in total. The molecule has 0 bridgehead atoms. The molecule has 1 atom stereocenters. The quantitative estimate of drug-likeness (QED) is 0.457. The Morgan fingerprint density at radius 2 is 1.84 bits per heavy atom. The van der Waals surface area contributed by atoms with Crippen molar-refractivity contribution in [3.05, 3.63) is 35.9 Å². The Bertz CT molecular complexity index is 628. The van der Waals surface area contributed by atoms with Gasteiger partial charge in [-0.1, -0.05) is 49.6 Å². The summed E-state index contributed by atoms with van der Waals surface area (Å²) in [6, 6.07) is 9.57. The van der Waals surface area contributed by atoms with Crippen molar-refractivity contribution in [1.82, 2.24) is 10.6 Å². The molecule has 1 amide bonds. The summed E-state index contributed by atoms with van der Waals surface area (Å²) in [7, 11) is -3.96. The molecule has 1 aromatic carbocycles. The van der Waals surface area contributed by atoms with E-state index in [0.717, 1.165) is 31.2 Å². The van der Waals surface area contributed by atoms with Crippen molar-refractivity contribution < 1.29 is 17.8 Å². The van der Waals surface area contributed by atoms with Crippen molar-refractivity contribution >= 4 is 16.0 Å². The molecule has 0 aliphatic heterocycles. The summed E-state index contributed by atoms with van der Waals surface area (Å²) in [4.78, 5) is 12.7. The molecule has 0 heterocycles. The van der Waals surface area contributed by atoms with Gasteiger partial charge in [0.15, 0.2) is 0 Å². The molecule has 0 saturated heterocycles. The second-order valence-corrected chi connectivity index (χ2v) is 8.25. The van der Waals surface area contributed by atoms with Gasteiger partial charge in [0.1, 0.15) is 0 Å². The number of carbonyl (C=O) groups excluding carboxylic acids is 1. The molecule has 1 aromatic rings. The van der Waals surface area contributed by atoms with E-state index >= 15 is 0 Å². The highest BCUT2D eigenvalue weighted by atomic mass is 32.2. The van der Waals surface area contributed by atoms with E-state index in [1.807, 2.05) is 30.3 Å². The third-order valence-corrected chi connectivity index (χ3v) is 5.33. The molecule has 25 heavy (non-hydrogen) atoms. The fourth-order valence-corrected chi connectivity index (χ4v) is 3.70. The van der Waals surface area contributed by atoms with E-state index in [4.69, 9.17) is 4.55 Å². The monoisotopic (exact) mass is 368 g/mol. The van der Waals surface area contributed by atoms with E-state index < -0.39 is 16.2 Å². The van der Waals surface area contributed by atoms with Crippen LogP contribution in [0.1, 0.15) is 44.1 Å². The Balaban J connectivity index is 1.91. The van der Waals surface area contributed by atoms with Crippen LogP contribution in [0.2, 0.25) is 0 Å². The molecule has 0 radical (unpaired) electrons. The minimum Gasteiger partial charge on any atom is -0.352 e. The van der Waals surface area contributed by atoms with Crippen molar-refractivity contribution in [2.75, 3.05) is 12.3 Å². The number of hydrogen-bond acceptors (Lipinski definition) is 4. The summed E-state index contributed by atoms with van der Waals surface area (Å²) in [6.07, 6.45) is 6.38. The van der Waals surface area contributed by atoms with E-state index in [-0.39, 0.29) is 24.1 Å². The highest BCUT2D eigenvalue weighted by Crippen LogP contribution is 2.17. The SMILES string of the molecule is O=C(NC1CCCCC1)[C@H](Cc1ccccc1)NCCCS(=O)(=O)O. The van der Waals surface area contributed by atoms with Crippen LogP contribution in [0.15, 0.2) is 30.3 Å². The van der Waals surface area contributed by atoms with Gasteiger partial charge in [-0.05, 0) is 37.8 Å². The van der Waals surface area contributed by atoms with Gasteiger partial charge in [-0.15, -0.1) is 0 Å². The smallest absolute Gasteiger partial charge is 0.264 e. The zero-order chi connectivity index (χ0) is 18.1. The maximum atomic E-state index is 12.7. The molecule has 1 fully saturated rings. The second kappa shape index (κ2) is 9.89. The van der Waals surface area contributed by atoms with Gasteiger partial charge in [-0.3, -0.25) is 9.35 Å². The third kappa shape index (κ3) is 7.98. The molecule has 140 valence electrons. The topological polar surface area (TPSA) is 95.5 Å². The zero-order valence-electron chi connectivity index (χ0n) is 14.5. The predicted octanol–water partition coefficient (Wildman–Crippen LogP) is 1.91. The Labute approximate surface area is 150 Å². The fourth-order valence-electron chi connectivity index (χ4n) is 3.19. The first kappa shape index (κ1) is 19.9. The average Bonchev–Trinajstić information content (AvgIpc) is 2.58. The molecule has 7 heteroatoms. The minimum absolute atomic E-state index is 0.0393. The lowest BCUT2D eigenvalue weighted by Crippen LogP contribution is -2.49. The molecular formula is C18H28N2O4S. The fraction of sp³-hybridized carbons (Fsp3) is 0.611. The Morgan fingerprint density at radius 1 is 1.16 bits per heavy atom. The Morgan fingerprint density at radius 3 is 2.48 bits per heavy atom. The van der Waals surface area contributed by atoms with Gasteiger partial charge in [-0.2, -0.15) is 8.42 Å². The van der Waals surface area contributed by atoms with Crippen LogP contribution < -0.4 is 10.6 Å². The average molecular weight is 368 g/mol. The zero-order valence-corrected chi connectivity index (χ0v) is 15.3. The molecule has 0 aromatic heterocycles. The van der Waals surface area contributed by atoms with Crippen LogP contribution in [-0.2, 0) is 21.3 Å². The van der Waals surface area contributed by atoms with Crippen LogP contribution >= 0.6 is 0 Å². The van der Waals surface area contributed by atoms with Crippen molar-refractivity contribution in [2.24, 2.45) is 0 Å². The predicted molar refractivity (Wildman–Crippen MR) is 98.0 cm³/mol. The van der Waals surface area contributed by atoms with Gasteiger partial charge in [0, 0.05) is 6.04 Å². The number of amides is 1. The first-order valence-corrected chi connectivity index (χ1v) is 10.6. The summed E-state index contributed by atoms with van der Waals surface area (Å²) >= 11 is 0. The highest BCUT2D eigenvalue weighted by molar-refractivity contribution is 7.85. The summed E-state index contributed by atoms with van der Waals surface area (Å²) in [5.41, 5.74) is 1.05. The first-order valence-electron chi connectivity index (χ1n) is 8.97. The van der Waals surface area contributed by atoms with Gasteiger partial charge in [-0.25, -0.2) is 0 Å². The van der Waals surface area contributed by atoms with E-state index in [1.54, 1.807) is 0 Å². The number of rotatable bonds is 9. The molecule has 2 rings (SSSR count). The normalized spacial score (nSPS) is 17.2. The minimum atomic E-state index is -3.96. The maximum absolute atomic E-state index is 12.7.